The Kier molecular flexibility index (Phi) is 4.70. The summed E-state index contributed by atoms with van der Waals surface area (Å²) in [4.78, 5) is 28.4. The van der Waals surface area contributed by atoms with Gasteiger partial charge in [-0.15, -0.1) is 0 Å². The molecule has 0 N–H and O–H groups in total. The van der Waals surface area contributed by atoms with E-state index in [0.29, 0.717) is 78.3 Å². The van der Waals surface area contributed by atoms with Crippen LogP contribution in [0.2, 0.25) is 0 Å². The summed E-state index contributed by atoms with van der Waals surface area (Å²) in [5.74, 6) is -1.20. The first-order valence-corrected chi connectivity index (χ1v) is 9.21. The molecule has 0 aromatic carbocycles. The first-order valence-electron chi connectivity index (χ1n) is 9.21. The molecule has 25 heavy (non-hydrogen) atoms. The minimum atomic E-state index is -0.497. The molecule has 0 atom stereocenters. The molecule has 0 radical (unpaired) electrons. The van der Waals surface area contributed by atoms with E-state index in [-0.39, 0.29) is 18.2 Å². The second-order valence-electron chi connectivity index (χ2n) is 7.15. The van der Waals surface area contributed by atoms with Gasteiger partial charge in [0.2, 0.25) is 11.8 Å². The number of nitrogens with zero attached hydrogens (tertiary/aromatic N) is 2. The first-order chi connectivity index (χ1) is 12.1. The number of rotatable bonds is 2. The van der Waals surface area contributed by atoms with E-state index in [4.69, 9.17) is 18.9 Å². The van der Waals surface area contributed by atoms with Crippen molar-refractivity contribution >= 4 is 11.8 Å². The fourth-order valence-corrected chi connectivity index (χ4v) is 4.12. The van der Waals surface area contributed by atoms with Crippen molar-refractivity contribution in [3.05, 3.63) is 0 Å². The molecular weight excluding hydrogens is 328 g/mol. The molecule has 2 amide bonds. The van der Waals surface area contributed by atoms with Crippen LogP contribution in [-0.2, 0) is 28.5 Å². The summed E-state index contributed by atoms with van der Waals surface area (Å²) < 4.78 is 22.7. The Balaban J connectivity index is 1.23. The lowest BCUT2D eigenvalue weighted by Crippen LogP contribution is -2.50. The van der Waals surface area contributed by atoms with Crippen LogP contribution in [0.15, 0.2) is 0 Å². The zero-order valence-corrected chi connectivity index (χ0v) is 14.5. The van der Waals surface area contributed by atoms with Gasteiger partial charge in [0.15, 0.2) is 11.6 Å². The summed E-state index contributed by atoms with van der Waals surface area (Å²) in [6, 6.07) is 0. The predicted molar refractivity (Wildman–Crippen MR) is 85.5 cm³/mol. The van der Waals surface area contributed by atoms with Gasteiger partial charge in [0, 0.05) is 51.9 Å². The fraction of sp³-hybridized carbons (Fsp3) is 0.882. The Morgan fingerprint density at radius 2 is 0.960 bits per heavy atom. The van der Waals surface area contributed by atoms with Crippen molar-refractivity contribution in [2.75, 3.05) is 52.6 Å². The van der Waals surface area contributed by atoms with Gasteiger partial charge in [-0.3, -0.25) is 9.59 Å². The molecule has 4 fully saturated rings. The minimum Gasteiger partial charge on any atom is -0.347 e. The van der Waals surface area contributed by atoms with Crippen LogP contribution in [0.5, 0.6) is 0 Å². The van der Waals surface area contributed by atoms with Gasteiger partial charge in [0.25, 0.3) is 0 Å². The van der Waals surface area contributed by atoms with Gasteiger partial charge in [0.1, 0.15) is 6.42 Å². The lowest BCUT2D eigenvalue weighted by atomic mass is 10.0. The first kappa shape index (κ1) is 17.2. The van der Waals surface area contributed by atoms with Gasteiger partial charge in [-0.05, 0) is 0 Å². The van der Waals surface area contributed by atoms with Crippen LogP contribution in [-0.4, -0.2) is 85.8 Å². The quantitative estimate of drug-likeness (QED) is 0.655. The average Bonchev–Trinajstić information content (AvgIpc) is 3.26. The van der Waals surface area contributed by atoms with Gasteiger partial charge in [-0.25, -0.2) is 0 Å². The Hall–Kier alpha value is -1.22. The van der Waals surface area contributed by atoms with Crippen molar-refractivity contribution in [1.29, 1.82) is 0 Å². The van der Waals surface area contributed by atoms with Gasteiger partial charge < -0.3 is 28.7 Å². The second-order valence-corrected chi connectivity index (χ2v) is 7.15. The largest absolute Gasteiger partial charge is 0.347 e. The van der Waals surface area contributed by atoms with Crippen LogP contribution in [0.3, 0.4) is 0 Å². The molecule has 2 spiro atoms. The monoisotopic (exact) mass is 354 g/mol. The summed E-state index contributed by atoms with van der Waals surface area (Å²) in [6.07, 6.45) is 2.63. The molecule has 4 aliphatic rings. The highest BCUT2D eigenvalue weighted by molar-refractivity contribution is 5.97. The van der Waals surface area contributed by atoms with E-state index in [1.807, 2.05) is 0 Å². The summed E-state index contributed by atoms with van der Waals surface area (Å²) >= 11 is 0. The van der Waals surface area contributed by atoms with Crippen molar-refractivity contribution < 1.29 is 28.5 Å². The van der Waals surface area contributed by atoms with E-state index in [0.717, 1.165) is 0 Å². The number of carbonyl (C=O) groups is 2. The highest BCUT2D eigenvalue weighted by atomic mass is 16.7. The van der Waals surface area contributed by atoms with Crippen molar-refractivity contribution in [3.63, 3.8) is 0 Å². The normalized spacial score (nSPS) is 28.0. The Bertz CT molecular complexity index is 461. The predicted octanol–water partition coefficient (Wildman–Crippen LogP) is 0.108. The highest BCUT2D eigenvalue weighted by Gasteiger charge is 2.42. The maximum absolute atomic E-state index is 12.5. The molecule has 0 aromatic heterocycles. The SMILES string of the molecule is O=C(CC(=O)N1CCC2(CC1)OCCO2)N1CCC2(CC1)OCCO2. The van der Waals surface area contributed by atoms with E-state index in [9.17, 15) is 9.59 Å². The van der Waals surface area contributed by atoms with Crippen molar-refractivity contribution in [1.82, 2.24) is 9.80 Å². The maximum Gasteiger partial charge on any atom is 0.232 e. The number of piperidine rings is 2. The summed E-state index contributed by atoms with van der Waals surface area (Å²) in [5, 5.41) is 0. The fourth-order valence-electron chi connectivity index (χ4n) is 4.12. The van der Waals surface area contributed by atoms with Crippen LogP contribution in [0.4, 0.5) is 0 Å². The maximum atomic E-state index is 12.5. The summed E-state index contributed by atoms with van der Waals surface area (Å²) in [5.41, 5.74) is 0. The number of carbonyl (C=O) groups excluding carboxylic acids is 2. The topological polar surface area (TPSA) is 77.5 Å². The Morgan fingerprint density at radius 3 is 1.28 bits per heavy atom. The lowest BCUT2D eigenvalue weighted by Gasteiger charge is -2.39. The molecule has 4 saturated heterocycles. The third-order valence-corrected chi connectivity index (χ3v) is 5.69. The van der Waals surface area contributed by atoms with E-state index in [2.05, 4.69) is 0 Å². The third-order valence-electron chi connectivity index (χ3n) is 5.69. The average molecular weight is 354 g/mol. The zero-order valence-electron chi connectivity index (χ0n) is 14.5. The number of hydrogen-bond donors (Lipinski definition) is 0. The molecule has 0 saturated carbocycles. The summed E-state index contributed by atoms with van der Waals surface area (Å²) in [6.45, 7) is 4.81. The van der Waals surface area contributed by atoms with Crippen LogP contribution in [0.25, 0.3) is 0 Å². The Labute approximate surface area is 147 Å². The number of likely N-dealkylation sites (tertiary alicyclic amines) is 2. The molecular formula is C17H26N2O6. The highest BCUT2D eigenvalue weighted by Crippen LogP contribution is 2.32. The zero-order chi connectivity index (χ0) is 17.3. The van der Waals surface area contributed by atoms with Crippen molar-refractivity contribution in [2.24, 2.45) is 0 Å². The van der Waals surface area contributed by atoms with Crippen molar-refractivity contribution in [3.8, 4) is 0 Å². The van der Waals surface area contributed by atoms with E-state index < -0.39 is 11.6 Å². The molecule has 8 heteroatoms. The number of amides is 2. The van der Waals surface area contributed by atoms with E-state index in [1.54, 1.807) is 9.80 Å². The molecule has 4 heterocycles. The van der Waals surface area contributed by atoms with E-state index in [1.165, 1.54) is 0 Å². The molecule has 8 nitrogen and oxygen atoms in total. The van der Waals surface area contributed by atoms with Gasteiger partial charge in [-0.2, -0.15) is 0 Å². The van der Waals surface area contributed by atoms with Crippen LogP contribution in [0.1, 0.15) is 32.1 Å². The second kappa shape index (κ2) is 6.83. The summed E-state index contributed by atoms with van der Waals surface area (Å²) in [7, 11) is 0. The Morgan fingerprint density at radius 1 is 0.640 bits per heavy atom. The molecule has 4 rings (SSSR count). The molecule has 0 aliphatic carbocycles. The van der Waals surface area contributed by atoms with Crippen molar-refractivity contribution in [2.45, 2.75) is 43.7 Å². The minimum absolute atomic E-state index is 0.0660. The van der Waals surface area contributed by atoms with Gasteiger partial charge in [-0.1, -0.05) is 0 Å². The smallest absolute Gasteiger partial charge is 0.232 e. The molecule has 0 unspecified atom stereocenters. The van der Waals surface area contributed by atoms with Crippen LogP contribution >= 0.6 is 0 Å². The molecule has 4 aliphatic heterocycles. The standard InChI is InChI=1S/C17H26N2O6/c20-14(18-5-1-16(2-6-18)22-9-10-23-16)13-15(21)19-7-3-17(4-8-19)24-11-12-25-17/h1-13H2. The van der Waals surface area contributed by atoms with Gasteiger partial charge >= 0.3 is 0 Å². The number of hydrogen-bond acceptors (Lipinski definition) is 6. The molecule has 140 valence electrons. The van der Waals surface area contributed by atoms with Crippen LogP contribution in [0, 0.1) is 0 Å². The number of ether oxygens (including phenoxy) is 4. The molecule has 0 bridgehead atoms. The van der Waals surface area contributed by atoms with Gasteiger partial charge in [0.05, 0.1) is 26.4 Å². The van der Waals surface area contributed by atoms with E-state index >= 15 is 0 Å². The third kappa shape index (κ3) is 3.53. The van der Waals surface area contributed by atoms with Crippen LogP contribution < -0.4 is 0 Å². The molecule has 0 aromatic rings. The lowest BCUT2D eigenvalue weighted by molar-refractivity contribution is -0.189.